The smallest absolute Gasteiger partial charge is 0.129 e. The Labute approximate surface area is 107 Å². The number of hydrogen-bond donors (Lipinski definition) is 1. The van der Waals surface area contributed by atoms with E-state index in [4.69, 9.17) is 0 Å². The molecule has 18 heavy (non-hydrogen) atoms. The van der Waals surface area contributed by atoms with Crippen LogP contribution in [-0.4, -0.2) is 24.6 Å². The summed E-state index contributed by atoms with van der Waals surface area (Å²) in [6.07, 6.45) is 1.86. The summed E-state index contributed by atoms with van der Waals surface area (Å²) in [5, 5.41) is 3.46. The van der Waals surface area contributed by atoms with Gasteiger partial charge in [0.1, 0.15) is 5.82 Å². The van der Waals surface area contributed by atoms with Crippen LogP contribution in [0.4, 0.5) is 5.82 Å². The van der Waals surface area contributed by atoms with Gasteiger partial charge in [0.05, 0.1) is 6.04 Å². The Kier molecular flexibility index (Phi) is 3.24. The van der Waals surface area contributed by atoms with E-state index in [1.165, 1.54) is 5.56 Å². The number of benzene rings is 1. The first-order chi connectivity index (χ1) is 8.95. The van der Waals surface area contributed by atoms with Crippen LogP contribution in [0, 0.1) is 0 Å². The molecule has 3 rings (SSSR count). The van der Waals surface area contributed by atoms with E-state index in [2.05, 4.69) is 51.6 Å². The fourth-order valence-electron chi connectivity index (χ4n) is 2.48. The number of hydrogen-bond acceptors (Lipinski definition) is 3. The second-order valence-electron chi connectivity index (χ2n) is 4.51. The number of nitrogens with one attached hydrogen (secondary N) is 1. The molecule has 1 aliphatic heterocycles. The lowest BCUT2D eigenvalue weighted by atomic mass is 10.0. The zero-order valence-electron chi connectivity index (χ0n) is 10.3. The van der Waals surface area contributed by atoms with Gasteiger partial charge in [-0.3, -0.25) is 0 Å². The van der Waals surface area contributed by atoms with E-state index in [-0.39, 0.29) is 0 Å². The second kappa shape index (κ2) is 5.19. The summed E-state index contributed by atoms with van der Waals surface area (Å²) in [5.41, 5.74) is 1.34. The average Bonchev–Trinajstić information content (AvgIpc) is 2.49. The van der Waals surface area contributed by atoms with E-state index >= 15 is 0 Å². The van der Waals surface area contributed by atoms with Crippen LogP contribution in [0.15, 0.2) is 54.7 Å². The molecule has 1 unspecified atom stereocenters. The lowest BCUT2D eigenvalue weighted by Crippen LogP contribution is -2.46. The van der Waals surface area contributed by atoms with Gasteiger partial charge >= 0.3 is 0 Å². The first kappa shape index (κ1) is 11.2. The Balaban J connectivity index is 1.92. The third kappa shape index (κ3) is 2.22. The largest absolute Gasteiger partial charge is 0.347 e. The fraction of sp³-hybridized carbons (Fsp3) is 0.267. The molecule has 2 heterocycles. The molecule has 3 nitrogen and oxygen atoms in total. The molecule has 0 spiro atoms. The zero-order chi connectivity index (χ0) is 12.2. The maximum absolute atomic E-state index is 4.48. The van der Waals surface area contributed by atoms with Crippen molar-refractivity contribution in [3.05, 3.63) is 60.3 Å². The summed E-state index contributed by atoms with van der Waals surface area (Å²) in [7, 11) is 0. The minimum absolute atomic E-state index is 0.370. The summed E-state index contributed by atoms with van der Waals surface area (Å²) >= 11 is 0. The maximum atomic E-state index is 4.48. The van der Waals surface area contributed by atoms with Gasteiger partial charge in [-0.2, -0.15) is 0 Å². The van der Waals surface area contributed by atoms with Gasteiger partial charge in [0, 0.05) is 25.8 Å². The van der Waals surface area contributed by atoms with Gasteiger partial charge in [-0.1, -0.05) is 36.4 Å². The third-order valence-corrected chi connectivity index (χ3v) is 3.37. The van der Waals surface area contributed by atoms with Crippen LogP contribution >= 0.6 is 0 Å². The summed E-state index contributed by atoms with van der Waals surface area (Å²) < 4.78 is 0. The molecule has 0 amide bonds. The number of anilines is 1. The summed E-state index contributed by atoms with van der Waals surface area (Å²) in [5.74, 6) is 1.06. The molecule has 3 heteroatoms. The Morgan fingerprint density at radius 3 is 2.67 bits per heavy atom. The van der Waals surface area contributed by atoms with Gasteiger partial charge in [-0.05, 0) is 17.7 Å². The molecule has 1 aromatic heterocycles. The number of nitrogens with zero attached hydrogens (tertiary/aromatic N) is 2. The Morgan fingerprint density at radius 2 is 1.89 bits per heavy atom. The van der Waals surface area contributed by atoms with Crippen LogP contribution < -0.4 is 10.2 Å². The summed E-state index contributed by atoms with van der Waals surface area (Å²) in [6, 6.07) is 17.1. The van der Waals surface area contributed by atoms with Gasteiger partial charge in [-0.15, -0.1) is 0 Å². The topological polar surface area (TPSA) is 28.2 Å². The van der Waals surface area contributed by atoms with Crippen molar-refractivity contribution in [1.29, 1.82) is 0 Å². The van der Waals surface area contributed by atoms with Crippen molar-refractivity contribution in [3.8, 4) is 0 Å². The van der Waals surface area contributed by atoms with Crippen LogP contribution in [0.2, 0.25) is 0 Å². The Hall–Kier alpha value is -1.87. The summed E-state index contributed by atoms with van der Waals surface area (Å²) in [6.45, 7) is 2.98. The van der Waals surface area contributed by atoms with Gasteiger partial charge < -0.3 is 10.2 Å². The van der Waals surface area contributed by atoms with E-state index in [0.717, 1.165) is 25.5 Å². The minimum Gasteiger partial charge on any atom is -0.347 e. The fourth-order valence-corrected chi connectivity index (χ4v) is 2.48. The van der Waals surface area contributed by atoms with E-state index in [1.54, 1.807) is 0 Å². The van der Waals surface area contributed by atoms with Gasteiger partial charge in [-0.25, -0.2) is 4.98 Å². The molecular weight excluding hydrogens is 222 g/mol. The minimum atomic E-state index is 0.370. The van der Waals surface area contributed by atoms with Crippen LogP contribution in [-0.2, 0) is 0 Å². The van der Waals surface area contributed by atoms with Crippen molar-refractivity contribution in [2.24, 2.45) is 0 Å². The standard InChI is InChI=1S/C15H17N3/c1-2-6-13(7-3-1)14-12-16-10-11-18(14)15-8-4-5-9-17-15/h1-9,14,16H,10-12H2. The highest BCUT2D eigenvalue weighted by atomic mass is 15.3. The molecule has 1 aromatic carbocycles. The number of rotatable bonds is 2. The van der Waals surface area contributed by atoms with Gasteiger partial charge in [0.25, 0.3) is 0 Å². The maximum Gasteiger partial charge on any atom is 0.129 e. The molecule has 92 valence electrons. The van der Waals surface area contributed by atoms with Crippen LogP contribution in [0.5, 0.6) is 0 Å². The van der Waals surface area contributed by atoms with Crippen LogP contribution in [0.1, 0.15) is 11.6 Å². The lowest BCUT2D eigenvalue weighted by molar-refractivity contribution is 0.486. The van der Waals surface area contributed by atoms with Crippen molar-refractivity contribution in [2.75, 3.05) is 24.5 Å². The zero-order valence-corrected chi connectivity index (χ0v) is 10.3. The summed E-state index contributed by atoms with van der Waals surface area (Å²) in [4.78, 5) is 6.86. The number of piperazine rings is 1. The van der Waals surface area contributed by atoms with E-state index in [0.29, 0.717) is 6.04 Å². The highest BCUT2D eigenvalue weighted by Gasteiger charge is 2.24. The predicted octanol–water partition coefficient (Wildman–Crippen LogP) is 2.23. The normalized spacial score (nSPS) is 19.8. The molecule has 0 saturated carbocycles. The molecule has 1 aliphatic rings. The molecule has 1 N–H and O–H groups in total. The van der Waals surface area contributed by atoms with E-state index < -0.39 is 0 Å². The number of aromatic nitrogens is 1. The molecular formula is C15H17N3. The van der Waals surface area contributed by atoms with Crippen LogP contribution in [0.25, 0.3) is 0 Å². The van der Waals surface area contributed by atoms with Gasteiger partial charge in [0.2, 0.25) is 0 Å². The van der Waals surface area contributed by atoms with E-state index in [1.807, 2.05) is 18.3 Å². The van der Waals surface area contributed by atoms with Crippen LogP contribution in [0.3, 0.4) is 0 Å². The molecule has 1 atom stereocenters. The monoisotopic (exact) mass is 239 g/mol. The van der Waals surface area contributed by atoms with E-state index in [9.17, 15) is 0 Å². The van der Waals surface area contributed by atoms with Crippen molar-refractivity contribution in [2.45, 2.75) is 6.04 Å². The molecule has 0 bridgehead atoms. The molecule has 2 aromatic rings. The molecule has 0 radical (unpaired) electrons. The van der Waals surface area contributed by atoms with Crippen molar-refractivity contribution < 1.29 is 0 Å². The number of pyridine rings is 1. The quantitative estimate of drug-likeness (QED) is 0.871. The predicted molar refractivity (Wildman–Crippen MR) is 73.6 cm³/mol. The molecule has 1 fully saturated rings. The molecule has 1 saturated heterocycles. The average molecular weight is 239 g/mol. The lowest BCUT2D eigenvalue weighted by Gasteiger charge is -2.37. The SMILES string of the molecule is c1ccc(C2CNCCN2c2ccccn2)cc1. The first-order valence-electron chi connectivity index (χ1n) is 6.38. The van der Waals surface area contributed by atoms with Crippen molar-refractivity contribution >= 4 is 5.82 Å². The van der Waals surface area contributed by atoms with Gasteiger partial charge in [0.15, 0.2) is 0 Å². The first-order valence-corrected chi connectivity index (χ1v) is 6.38. The third-order valence-electron chi connectivity index (χ3n) is 3.37. The Bertz CT molecular complexity index is 436. The highest BCUT2D eigenvalue weighted by molar-refractivity contribution is 5.43. The second-order valence-corrected chi connectivity index (χ2v) is 4.51. The molecule has 0 aliphatic carbocycles. The van der Waals surface area contributed by atoms with Crippen molar-refractivity contribution in [1.82, 2.24) is 10.3 Å². The Morgan fingerprint density at radius 1 is 1.06 bits per heavy atom. The van der Waals surface area contributed by atoms with Crippen molar-refractivity contribution in [3.63, 3.8) is 0 Å². The highest BCUT2D eigenvalue weighted by Crippen LogP contribution is 2.26.